The molecule has 0 atom stereocenters. The van der Waals surface area contributed by atoms with Gasteiger partial charge in [-0.3, -0.25) is 4.90 Å². The maximum Gasteiger partial charge on any atom is 0.137 e. The molecule has 0 saturated carbocycles. The highest BCUT2D eigenvalue weighted by atomic mass is 15.2. The van der Waals surface area contributed by atoms with Gasteiger partial charge in [0.05, 0.1) is 0 Å². The summed E-state index contributed by atoms with van der Waals surface area (Å²) in [6.07, 6.45) is 6.30. The normalized spacial score (nSPS) is 11.1. The van der Waals surface area contributed by atoms with E-state index in [9.17, 15) is 0 Å². The van der Waals surface area contributed by atoms with Crippen LogP contribution in [0.25, 0.3) is 23.3 Å². The van der Waals surface area contributed by atoms with Crippen molar-refractivity contribution in [2.75, 3.05) is 9.80 Å². The van der Waals surface area contributed by atoms with Gasteiger partial charge in [0.2, 0.25) is 0 Å². The molecule has 0 aliphatic heterocycles. The lowest BCUT2D eigenvalue weighted by Gasteiger charge is -2.25. The lowest BCUT2D eigenvalue weighted by Crippen LogP contribution is -2.11. The summed E-state index contributed by atoms with van der Waals surface area (Å²) in [5.41, 5.74) is 15.1. The molecular weight excluding hydrogens is 607 g/mol. The van der Waals surface area contributed by atoms with Crippen LogP contribution in [0.3, 0.4) is 0 Å². The first-order chi connectivity index (χ1) is 24.4. The summed E-state index contributed by atoms with van der Waals surface area (Å²) in [5, 5.41) is 0. The molecule has 0 radical (unpaired) electrons. The second kappa shape index (κ2) is 14.5. The van der Waals surface area contributed by atoms with Crippen molar-refractivity contribution in [1.82, 2.24) is 4.98 Å². The zero-order chi connectivity index (χ0) is 34.5. The van der Waals surface area contributed by atoms with E-state index in [1.165, 1.54) is 22.3 Å². The van der Waals surface area contributed by atoms with Crippen LogP contribution in [0.5, 0.6) is 0 Å². The number of pyridine rings is 1. The summed E-state index contributed by atoms with van der Waals surface area (Å²) >= 11 is 0. The second-order valence-corrected chi connectivity index (χ2v) is 13.0. The molecule has 0 unspecified atom stereocenters. The van der Waals surface area contributed by atoms with Crippen molar-refractivity contribution in [2.45, 2.75) is 27.7 Å². The van der Waals surface area contributed by atoms with Crippen LogP contribution >= 0.6 is 0 Å². The molecule has 3 heteroatoms. The molecule has 244 valence electrons. The molecule has 50 heavy (non-hydrogen) atoms. The van der Waals surface area contributed by atoms with E-state index in [1.54, 1.807) is 0 Å². The van der Waals surface area contributed by atoms with E-state index in [0.29, 0.717) is 0 Å². The number of nitrogens with zero attached hydrogens (tertiary/aromatic N) is 3. The van der Waals surface area contributed by atoms with E-state index in [2.05, 4.69) is 207 Å². The third kappa shape index (κ3) is 7.43. The average molecular weight is 648 g/mol. The number of benzene rings is 6. The van der Waals surface area contributed by atoms with Crippen LogP contribution in [0.1, 0.15) is 33.4 Å². The Balaban J connectivity index is 1.07. The molecule has 0 aliphatic rings. The maximum atomic E-state index is 4.93. The summed E-state index contributed by atoms with van der Waals surface area (Å²) in [7, 11) is 0. The molecule has 6 aromatic carbocycles. The monoisotopic (exact) mass is 647 g/mol. The van der Waals surface area contributed by atoms with Crippen LogP contribution in [-0.4, -0.2) is 4.98 Å². The van der Waals surface area contributed by atoms with Crippen LogP contribution in [-0.2, 0) is 0 Å². The van der Waals surface area contributed by atoms with Crippen LogP contribution in [0, 0.1) is 27.7 Å². The number of aromatic nitrogens is 1. The van der Waals surface area contributed by atoms with Crippen LogP contribution in [0.4, 0.5) is 34.3 Å². The first-order valence-electron chi connectivity index (χ1n) is 17.1. The van der Waals surface area contributed by atoms with Crippen LogP contribution in [0.15, 0.2) is 164 Å². The minimum absolute atomic E-state index is 0.882. The van der Waals surface area contributed by atoms with Gasteiger partial charge < -0.3 is 4.90 Å². The summed E-state index contributed by atoms with van der Waals surface area (Å²) < 4.78 is 0. The minimum Gasteiger partial charge on any atom is -0.311 e. The third-order valence-electron chi connectivity index (χ3n) is 9.01. The fraction of sp³-hybridized carbons (Fsp3) is 0.0851. The molecular formula is C47H41N3. The average Bonchev–Trinajstić information content (AvgIpc) is 3.15. The zero-order valence-electron chi connectivity index (χ0n) is 29.1. The Labute approximate surface area is 296 Å². The van der Waals surface area contributed by atoms with E-state index in [-0.39, 0.29) is 0 Å². The maximum absolute atomic E-state index is 4.93. The van der Waals surface area contributed by atoms with Gasteiger partial charge in [-0.2, -0.15) is 0 Å². The van der Waals surface area contributed by atoms with Crippen molar-refractivity contribution in [3.63, 3.8) is 0 Å². The van der Waals surface area contributed by atoms with Crippen LogP contribution < -0.4 is 9.80 Å². The zero-order valence-corrected chi connectivity index (χ0v) is 29.1. The Bertz CT molecular complexity index is 2090. The van der Waals surface area contributed by atoms with E-state index in [0.717, 1.165) is 56.5 Å². The third-order valence-corrected chi connectivity index (χ3v) is 9.01. The number of anilines is 6. The lowest BCUT2D eigenvalue weighted by atomic mass is 10.0. The predicted octanol–water partition coefficient (Wildman–Crippen LogP) is 13.1. The van der Waals surface area contributed by atoms with Crippen molar-refractivity contribution >= 4 is 46.4 Å². The van der Waals surface area contributed by atoms with Gasteiger partial charge in [0.1, 0.15) is 5.82 Å². The Kier molecular flexibility index (Phi) is 9.39. The van der Waals surface area contributed by atoms with Crippen molar-refractivity contribution in [1.29, 1.82) is 0 Å². The van der Waals surface area contributed by atoms with E-state index >= 15 is 0 Å². The molecule has 0 N–H and O–H groups in total. The fourth-order valence-electron chi connectivity index (χ4n) is 6.04. The molecule has 0 bridgehead atoms. The fourth-order valence-corrected chi connectivity index (χ4v) is 6.04. The molecule has 7 aromatic rings. The lowest BCUT2D eigenvalue weighted by molar-refractivity contribution is 1.18. The Hall–Kier alpha value is -6.19. The molecule has 0 saturated heterocycles. The molecule has 0 aliphatic carbocycles. The largest absolute Gasteiger partial charge is 0.311 e. The highest BCUT2D eigenvalue weighted by Crippen LogP contribution is 2.36. The number of hydrogen-bond donors (Lipinski definition) is 0. The van der Waals surface area contributed by atoms with E-state index in [1.807, 2.05) is 6.20 Å². The van der Waals surface area contributed by atoms with Gasteiger partial charge in [-0.15, -0.1) is 0 Å². The van der Waals surface area contributed by atoms with Crippen molar-refractivity contribution in [3.8, 4) is 11.1 Å². The SMILES string of the molecule is Cc1ccc(N(c2ccc(C)cc2)c2ccc(C=Cc3ccc(-c4ccc(N(c5ccc(C)cc5)c5ccc(C)cc5)nc4)cc3)cc2)cc1. The summed E-state index contributed by atoms with van der Waals surface area (Å²) in [5.74, 6) is 0.882. The predicted molar refractivity (Wildman–Crippen MR) is 213 cm³/mol. The Morgan fingerprint density at radius 1 is 0.340 bits per heavy atom. The van der Waals surface area contributed by atoms with Gasteiger partial charge in [0.15, 0.2) is 0 Å². The molecule has 0 spiro atoms. The molecule has 0 amide bonds. The molecule has 0 fully saturated rings. The summed E-state index contributed by atoms with van der Waals surface area (Å²) in [6, 6.07) is 56.2. The van der Waals surface area contributed by atoms with E-state index in [4.69, 9.17) is 4.98 Å². The van der Waals surface area contributed by atoms with Gasteiger partial charge in [0, 0.05) is 40.2 Å². The molecule has 7 rings (SSSR count). The highest BCUT2D eigenvalue weighted by Gasteiger charge is 2.14. The quantitative estimate of drug-likeness (QED) is 0.145. The van der Waals surface area contributed by atoms with Gasteiger partial charge in [-0.05, 0) is 117 Å². The number of hydrogen-bond acceptors (Lipinski definition) is 3. The first-order valence-corrected chi connectivity index (χ1v) is 17.1. The topological polar surface area (TPSA) is 19.4 Å². The van der Waals surface area contributed by atoms with Crippen molar-refractivity contribution in [2.24, 2.45) is 0 Å². The van der Waals surface area contributed by atoms with Crippen molar-refractivity contribution < 1.29 is 0 Å². The smallest absolute Gasteiger partial charge is 0.137 e. The van der Waals surface area contributed by atoms with Gasteiger partial charge >= 0.3 is 0 Å². The molecule has 1 heterocycles. The summed E-state index contributed by atoms with van der Waals surface area (Å²) in [4.78, 5) is 9.43. The molecule has 3 nitrogen and oxygen atoms in total. The first kappa shape index (κ1) is 32.4. The van der Waals surface area contributed by atoms with Gasteiger partial charge in [-0.1, -0.05) is 119 Å². The summed E-state index contributed by atoms with van der Waals surface area (Å²) in [6.45, 7) is 8.46. The highest BCUT2D eigenvalue weighted by molar-refractivity contribution is 5.79. The Morgan fingerprint density at radius 3 is 1.02 bits per heavy atom. The Morgan fingerprint density at radius 2 is 0.660 bits per heavy atom. The molecule has 1 aromatic heterocycles. The number of aryl methyl sites for hydroxylation is 4. The van der Waals surface area contributed by atoms with Crippen molar-refractivity contribution in [3.05, 3.63) is 197 Å². The minimum atomic E-state index is 0.882. The van der Waals surface area contributed by atoms with Gasteiger partial charge in [-0.25, -0.2) is 4.98 Å². The van der Waals surface area contributed by atoms with E-state index < -0.39 is 0 Å². The van der Waals surface area contributed by atoms with Crippen LogP contribution in [0.2, 0.25) is 0 Å². The second-order valence-electron chi connectivity index (χ2n) is 13.0. The number of rotatable bonds is 9. The standard InChI is InChI=1S/C47H41N3/c1-34-5-22-42(23-6-34)49(43-24-7-35(2)8-25-43)44-30-17-39(18-31-44)14-13-38-15-19-40(20-16-38)41-21-32-47(48-33-41)50(45-26-9-36(3)10-27-45)46-28-11-37(4)12-29-46/h5-33H,1-4H3. The van der Waals surface area contributed by atoms with Gasteiger partial charge in [0.25, 0.3) is 0 Å².